The summed E-state index contributed by atoms with van der Waals surface area (Å²) in [4.78, 5) is 35.3. The van der Waals surface area contributed by atoms with Crippen LogP contribution in [0.1, 0.15) is 20.7 Å². The van der Waals surface area contributed by atoms with E-state index in [9.17, 15) is 19.5 Å². The molecule has 0 saturated carbocycles. The molecule has 142 valence electrons. The number of esters is 2. The molecule has 0 fully saturated rings. The normalized spacial score (nSPS) is 13.3. The zero-order valence-electron chi connectivity index (χ0n) is 14.0. The van der Waals surface area contributed by atoms with Gasteiger partial charge in [0, 0.05) is 0 Å². The van der Waals surface area contributed by atoms with Crippen molar-refractivity contribution >= 4 is 41.4 Å². The molecule has 2 atom stereocenters. The lowest BCUT2D eigenvalue weighted by molar-refractivity contribution is -0.113. The Morgan fingerprint density at radius 2 is 1.44 bits per heavy atom. The highest BCUT2D eigenvalue weighted by Crippen LogP contribution is 2.29. The van der Waals surface area contributed by atoms with Crippen LogP contribution in [0, 0.1) is 0 Å². The second-order valence-electron chi connectivity index (χ2n) is 5.52. The third-order valence-corrected chi connectivity index (χ3v) is 4.13. The van der Waals surface area contributed by atoms with Crippen LogP contribution >= 0.6 is 23.2 Å². The Labute approximate surface area is 165 Å². The highest BCUT2D eigenvalue weighted by Gasteiger charge is 2.43. The lowest BCUT2D eigenvalue weighted by atomic mass is 10.1. The van der Waals surface area contributed by atoms with Gasteiger partial charge >= 0.3 is 11.9 Å². The Kier molecular flexibility index (Phi) is 7.36. The van der Waals surface area contributed by atoms with Gasteiger partial charge in [-0.1, -0.05) is 59.6 Å². The van der Waals surface area contributed by atoms with E-state index < -0.39 is 35.1 Å². The highest BCUT2D eigenvalue weighted by atomic mass is 35.5. The Hall–Kier alpha value is -2.41. The molecule has 0 heterocycles. The molecule has 1 N–H and O–H groups in total. The maximum Gasteiger partial charge on any atom is 0.338 e. The van der Waals surface area contributed by atoms with E-state index >= 15 is 0 Å². The summed E-state index contributed by atoms with van der Waals surface area (Å²) in [6.45, 7) is -0.588. The van der Waals surface area contributed by atoms with Crippen molar-refractivity contribution in [1.29, 1.82) is 0 Å². The van der Waals surface area contributed by atoms with Gasteiger partial charge in [0.25, 0.3) is 0 Å². The van der Waals surface area contributed by atoms with Gasteiger partial charge in [0.15, 0.2) is 12.4 Å². The molecule has 27 heavy (non-hydrogen) atoms. The summed E-state index contributed by atoms with van der Waals surface area (Å²) in [5.41, 5.74) is 0.437. The average Bonchev–Trinajstić information content (AvgIpc) is 2.70. The van der Waals surface area contributed by atoms with Crippen LogP contribution in [0.4, 0.5) is 0 Å². The van der Waals surface area contributed by atoms with Crippen LogP contribution in [0.2, 0.25) is 0 Å². The number of aldehydes is 1. The van der Waals surface area contributed by atoms with Crippen molar-refractivity contribution in [3.05, 3.63) is 71.8 Å². The first-order chi connectivity index (χ1) is 12.8. The van der Waals surface area contributed by atoms with E-state index in [0.29, 0.717) is 0 Å². The van der Waals surface area contributed by atoms with Gasteiger partial charge in [0.05, 0.1) is 11.1 Å². The van der Waals surface area contributed by atoms with E-state index in [1.165, 1.54) is 24.3 Å². The van der Waals surface area contributed by atoms with Crippen molar-refractivity contribution in [3.8, 4) is 0 Å². The molecular weight excluding hydrogens is 395 g/mol. The average molecular weight is 411 g/mol. The molecule has 8 heteroatoms. The van der Waals surface area contributed by atoms with Gasteiger partial charge in [-0.3, -0.25) is 4.79 Å². The molecule has 0 aliphatic carbocycles. The zero-order chi connectivity index (χ0) is 19.9. The maximum atomic E-state index is 12.2. The van der Waals surface area contributed by atoms with Gasteiger partial charge in [-0.15, -0.1) is 0 Å². The van der Waals surface area contributed by atoms with Crippen LogP contribution in [0.3, 0.4) is 0 Å². The van der Waals surface area contributed by atoms with Gasteiger partial charge in [-0.25, -0.2) is 9.59 Å². The number of benzene rings is 2. The van der Waals surface area contributed by atoms with Crippen LogP contribution in [0.5, 0.6) is 0 Å². The summed E-state index contributed by atoms with van der Waals surface area (Å²) >= 11 is 11.7. The molecule has 6 nitrogen and oxygen atoms in total. The molecule has 0 bridgehead atoms. The standard InChI is InChI=1S/C19H16Cl2O6/c20-19(21,12-22)16(27-18(25)14-9-5-2-6-10-14)15(23)11-26-17(24)13-7-3-1-4-8-13/h1-10,12,15-16,23H,11H2/t15-,16-/m1/s1. The molecule has 0 aliphatic heterocycles. The number of rotatable bonds is 8. The van der Waals surface area contributed by atoms with Crippen molar-refractivity contribution in [2.45, 2.75) is 16.5 Å². The Bertz CT molecular complexity index is 779. The third-order valence-electron chi connectivity index (χ3n) is 3.52. The summed E-state index contributed by atoms with van der Waals surface area (Å²) in [5, 5.41) is 10.3. The molecule has 0 amide bonds. The van der Waals surface area contributed by atoms with E-state index in [0.717, 1.165) is 0 Å². The van der Waals surface area contributed by atoms with Crippen LogP contribution in [-0.4, -0.2) is 46.5 Å². The first-order valence-electron chi connectivity index (χ1n) is 7.85. The number of carbonyl (C=O) groups is 3. The van der Waals surface area contributed by atoms with Gasteiger partial charge in [0.1, 0.15) is 12.7 Å². The van der Waals surface area contributed by atoms with Crippen molar-refractivity contribution in [2.75, 3.05) is 6.61 Å². The molecule has 2 aromatic rings. The number of carbonyl (C=O) groups excluding carboxylic acids is 3. The Morgan fingerprint density at radius 1 is 0.963 bits per heavy atom. The number of halogens is 2. The SMILES string of the molecule is O=CC(Cl)(Cl)[C@H](OC(=O)c1ccccc1)[C@H](O)COC(=O)c1ccccc1. The molecule has 0 spiro atoms. The summed E-state index contributed by atoms with van der Waals surface area (Å²) in [7, 11) is 0. The molecule has 0 aromatic heterocycles. The van der Waals surface area contributed by atoms with Gasteiger partial charge in [0.2, 0.25) is 4.33 Å². The molecule has 0 aliphatic rings. The minimum absolute atomic E-state index is 0.126. The van der Waals surface area contributed by atoms with Crippen molar-refractivity contribution in [1.82, 2.24) is 0 Å². The second kappa shape index (κ2) is 9.50. The fourth-order valence-electron chi connectivity index (χ4n) is 2.14. The van der Waals surface area contributed by atoms with Crippen LogP contribution < -0.4 is 0 Å². The molecular formula is C19H16Cl2O6. The number of hydrogen-bond donors (Lipinski definition) is 1. The topological polar surface area (TPSA) is 89.9 Å². The first kappa shape index (κ1) is 20.9. The lowest BCUT2D eigenvalue weighted by Gasteiger charge is -2.29. The Balaban J connectivity index is 2.08. The lowest BCUT2D eigenvalue weighted by Crippen LogP contribution is -2.47. The minimum Gasteiger partial charge on any atom is -0.459 e. The monoisotopic (exact) mass is 410 g/mol. The van der Waals surface area contributed by atoms with E-state index in [-0.39, 0.29) is 17.4 Å². The minimum atomic E-state index is -2.23. The summed E-state index contributed by atoms with van der Waals surface area (Å²) in [5.74, 6) is -1.55. The predicted molar refractivity (Wildman–Crippen MR) is 98.9 cm³/mol. The van der Waals surface area contributed by atoms with Gasteiger partial charge in [-0.05, 0) is 24.3 Å². The highest BCUT2D eigenvalue weighted by molar-refractivity contribution is 6.56. The van der Waals surface area contributed by atoms with Gasteiger partial charge in [-0.2, -0.15) is 0 Å². The first-order valence-corrected chi connectivity index (χ1v) is 8.61. The largest absolute Gasteiger partial charge is 0.459 e. The number of aliphatic hydroxyl groups excluding tert-OH is 1. The van der Waals surface area contributed by atoms with Gasteiger partial charge < -0.3 is 14.6 Å². The number of ether oxygens (including phenoxy) is 2. The smallest absolute Gasteiger partial charge is 0.338 e. The molecule has 0 radical (unpaired) electrons. The van der Waals surface area contributed by atoms with Crippen LogP contribution in [0.15, 0.2) is 60.7 Å². The van der Waals surface area contributed by atoms with Crippen molar-refractivity contribution in [2.24, 2.45) is 0 Å². The summed E-state index contributed by atoms with van der Waals surface area (Å²) < 4.78 is 7.87. The van der Waals surface area contributed by atoms with Crippen molar-refractivity contribution in [3.63, 3.8) is 0 Å². The van der Waals surface area contributed by atoms with Crippen molar-refractivity contribution < 1.29 is 29.0 Å². The third kappa shape index (κ3) is 5.79. The predicted octanol–water partition coefficient (Wildman–Crippen LogP) is 2.80. The number of hydrogen-bond acceptors (Lipinski definition) is 6. The Morgan fingerprint density at radius 3 is 1.93 bits per heavy atom. The quantitative estimate of drug-likeness (QED) is 0.408. The molecule has 0 saturated heterocycles. The fraction of sp³-hybridized carbons (Fsp3) is 0.211. The van der Waals surface area contributed by atoms with E-state index in [2.05, 4.69) is 0 Å². The molecule has 2 rings (SSSR count). The van der Waals surface area contributed by atoms with Crippen LogP contribution in [-0.2, 0) is 14.3 Å². The van der Waals surface area contributed by atoms with E-state index in [1.54, 1.807) is 36.4 Å². The molecule has 0 unspecified atom stereocenters. The van der Waals surface area contributed by atoms with E-state index in [1.807, 2.05) is 0 Å². The number of alkyl halides is 2. The van der Waals surface area contributed by atoms with Crippen LogP contribution in [0.25, 0.3) is 0 Å². The second-order valence-corrected chi connectivity index (χ2v) is 6.96. The zero-order valence-corrected chi connectivity index (χ0v) is 15.5. The summed E-state index contributed by atoms with van der Waals surface area (Å²) in [6.07, 6.45) is -3.17. The van der Waals surface area contributed by atoms with E-state index in [4.69, 9.17) is 32.7 Å². The fourth-order valence-corrected chi connectivity index (χ4v) is 2.52. The molecule has 2 aromatic carbocycles. The number of aliphatic hydroxyl groups is 1. The maximum absolute atomic E-state index is 12.2. The summed E-state index contributed by atoms with van der Waals surface area (Å²) in [6, 6.07) is 15.9.